The highest BCUT2D eigenvalue weighted by Crippen LogP contribution is 2.12. The summed E-state index contributed by atoms with van der Waals surface area (Å²) in [6.07, 6.45) is 0.430. The average Bonchev–Trinajstić information content (AvgIpc) is 2.65. The van der Waals surface area contributed by atoms with Crippen LogP contribution in [0.2, 0.25) is 0 Å². The van der Waals surface area contributed by atoms with Gasteiger partial charge in [0.05, 0.1) is 6.54 Å². The molecule has 1 amide bonds. The van der Waals surface area contributed by atoms with Crippen molar-refractivity contribution in [2.75, 3.05) is 6.54 Å². The standard InChI is InChI=1S/C11H18N2OS/c1-3-13(11(14)7-9(2)12)8-10-5-4-6-15-10/h4-6,9H,3,7-8,12H2,1-2H3. The summed E-state index contributed by atoms with van der Waals surface area (Å²) in [5.74, 6) is 0.140. The molecule has 1 aromatic rings. The zero-order chi connectivity index (χ0) is 11.3. The van der Waals surface area contributed by atoms with Crippen molar-refractivity contribution in [1.29, 1.82) is 0 Å². The summed E-state index contributed by atoms with van der Waals surface area (Å²) in [5, 5.41) is 2.03. The summed E-state index contributed by atoms with van der Waals surface area (Å²) in [7, 11) is 0. The molecule has 1 aromatic heterocycles. The monoisotopic (exact) mass is 226 g/mol. The zero-order valence-corrected chi connectivity index (χ0v) is 10.1. The molecule has 0 saturated heterocycles. The van der Waals surface area contributed by atoms with Crippen molar-refractivity contribution in [1.82, 2.24) is 4.90 Å². The Balaban J connectivity index is 2.52. The first-order valence-electron chi connectivity index (χ1n) is 5.19. The summed E-state index contributed by atoms with van der Waals surface area (Å²) in [6, 6.07) is 3.99. The fourth-order valence-corrected chi connectivity index (χ4v) is 2.09. The van der Waals surface area contributed by atoms with E-state index in [1.54, 1.807) is 11.3 Å². The molecule has 0 aliphatic rings. The van der Waals surface area contributed by atoms with Crippen LogP contribution in [0.15, 0.2) is 17.5 Å². The fraction of sp³-hybridized carbons (Fsp3) is 0.545. The van der Waals surface area contributed by atoms with Gasteiger partial charge in [-0.15, -0.1) is 11.3 Å². The second-order valence-corrected chi connectivity index (χ2v) is 4.70. The number of nitrogens with zero attached hydrogens (tertiary/aromatic N) is 1. The average molecular weight is 226 g/mol. The predicted molar refractivity (Wildman–Crippen MR) is 63.7 cm³/mol. The van der Waals surface area contributed by atoms with Crippen molar-refractivity contribution in [2.45, 2.75) is 32.9 Å². The molecule has 0 aliphatic heterocycles. The Morgan fingerprint density at radius 1 is 1.67 bits per heavy atom. The van der Waals surface area contributed by atoms with Gasteiger partial charge in [0, 0.05) is 23.9 Å². The lowest BCUT2D eigenvalue weighted by atomic mass is 10.2. The molecule has 1 heterocycles. The van der Waals surface area contributed by atoms with Gasteiger partial charge in [-0.25, -0.2) is 0 Å². The lowest BCUT2D eigenvalue weighted by molar-refractivity contribution is -0.131. The molecule has 1 unspecified atom stereocenters. The molecular formula is C11H18N2OS. The smallest absolute Gasteiger partial charge is 0.224 e. The molecule has 0 aliphatic carbocycles. The van der Waals surface area contributed by atoms with Crippen LogP contribution in [0.4, 0.5) is 0 Å². The van der Waals surface area contributed by atoms with Gasteiger partial charge >= 0.3 is 0 Å². The molecule has 0 saturated carbocycles. The first-order chi connectivity index (χ1) is 7.13. The molecule has 1 atom stereocenters. The van der Waals surface area contributed by atoms with Gasteiger partial charge in [-0.2, -0.15) is 0 Å². The summed E-state index contributed by atoms with van der Waals surface area (Å²) in [6.45, 7) is 5.30. The first-order valence-corrected chi connectivity index (χ1v) is 6.07. The molecule has 2 N–H and O–H groups in total. The third-order valence-corrected chi connectivity index (χ3v) is 3.02. The van der Waals surface area contributed by atoms with Crippen LogP contribution in [0.25, 0.3) is 0 Å². The SMILES string of the molecule is CCN(Cc1cccs1)C(=O)CC(C)N. The minimum Gasteiger partial charge on any atom is -0.338 e. The third-order valence-electron chi connectivity index (χ3n) is 2.16. The number of amides is 1. The minimum absolute atomic E-state index is 0.0603. The van der Waals surface area contributed by atoms with Crippen LogP contribution in [0, 0.1) is 0 Å². The van der Waals surface area contributed by atoms with Crippen LogP contribution >= 0.6 is 11.3 Å². The molecule has 4 heteroatoms. The Morgan fingerprint density at radius 3 is 2.87 bits per heavy atom. The number of hydrogen-bond acceptors (Lipinski definition) is 3. The molecular weight excluding hydrogens is 208 g/mol. The predicted octanol–water partition coefficient (Wildman–Crippen LogP) is 1.83. The van der Waals surface area contributed by atoms with Crippen molar-refractivity contribution in [3.63, 3.8) is 0 Å². The molecule has 0 radical (unpaired) electrons. The quantitative estimate of drug-likeness (QED) is 0.832. The van der Waals surface area contributed by atoms with Crippen molar-refractivity contribution < 1.29 is 4.79 Å². The number of carbonyl (C=O) groups is 1. The molecule has 1 rings (SSSR count). The van der Waals surface area contributed by atoms with Crippen LogP contribution < -0.4 is 5.73 Å². The van der Waals surface area contributed by atoms with Gasteiger partial charge in [0.25, 0.3) is 0 Å². The highest BCUT2D eigenvalue weighted by Gasteiger charge is 2.13. The zero-order valence-electron chi connectivity index (χ0n) is 9.27. The number of thiophene rings is 1. The summed E-state index contributed by atoms with van der Waals surface area (Å²) < 4.78 is 0. The Bertz CT molecular complexity index is 296. The topological polar surface area (TPSA) is 46.3 Å². The van der Waals surface area contributed by atoms with Crippen LogP contribution in [0.5, 0.6) is 0 Å². The Kier molecular flexibility index (Phi) is 4.78. The van der Waals surface area contributed by atoms with Crippen LogP contribution in [-0.2, 0) is 11.3 Å². The van der Waals surface area contributed by atoms with E-state index < -0.39 is 0 Å². The van der Waals surface area contributed by atoms with Crippen molar-refractivity contribution >= 4 is 17.2 Å². The van der Waals surface area contributed by atoms with Gasteiger partial charge < -0.3 is 10.6 Å². The minimum atomic E-state index is -0.0603. The number of rotatable bonds is 5. The summed E-state index contributed by atoms with van der Waals surface area (Å²) in [5.41, 5.74) is 5.61. The fourth-order valence-electron chi connectivity index (χ4n) is 1.37. The van der Waals surface area contributed by atoms with Gasteiger partial charge in [-0.1, -0.05) is 6.07 Å². The van der Waals surface area contributed by atoms with Gasteiger partial charge in [0.1, 0.15) is 0 Å². The number of nitrogens with two attached hydrogens (primary N) is 1. The van der Waals surface area contributed by atoms with Crippen LogP contribution in [0.1, 0.15) is 25.1 Å². The third kappa shape index (κ3) is 4.01. The van der Waals surface area contributed by atoms with Crippen molar-refractivity contribution in [2.24, 2.45) is 5.73 Å². The second-order valence-electron chi connectivity index (χ2n) is 3.67. The van der Waals surface area contributed by atoms with E-state index in [9.17, 15) is 4.79 Å². The molecule has 0 bridgehead atoms. The van der Waals surface area contributed by atoms with Gasteiger partial charge in [0.2, 0.25) is 5.91 Å². The van der Waals surface area contributed by atoms with Crippen molar-refractivity contribution in [3.8, 4) is 0 Å². The van der Waals surface area contributed by atoms with Crippen molar-refractivity contribution in [3.05, 3.63) is 22.4 Å². The lowest BCUT2D eigenvalue weighted by Crippen LogP contribution is -2.34. The largest absolute Gasteiger partial charge is 0.338 e. The maximum absolute atomic E-state index is 11.8. The molecule has 0 spiro atoms. The van der Waals surface area contributed by atoms with Gasteiger partial charge in [0.15, 0.2) is 0 Å². The summed E-state index contributed by atoms with van der Waals surface area (Å²) >= 11 is 1.68. The van der Waals surface area contributed by atoms with E-state index in [1.807, 2.05) is 36.3 Å². The molecule has 0 aromatic carbocycles. The summed E-state index contributed by atoms with van der Waals surface area (Å²) in [4.78, 5) is 14.8. The van der Waals surface area contributed by atoms with E-state index in [2.05, 4.69) is 0 Å². The lowest BCUT2D eigenvalue weighted by Gasteiger charge is -2.21. The molecule has 84 valence electrons. The Hall–Kier alpha value is -0.870. The van der Waals surface area contributed by atoms with E-state index >= 15 is 0 Å². The van der Waals surface area contributed by atoms with Crippen LogP contribution in [0.3, 0.4) is 0 Å². The molecule has 3 nitrogen and oxygen atoms in total. The molecule has 15 heavy (non-hydrogen) atoms. The normalized spacial score (nSPS) is 12.5. The highest BCUT2D eigenvalue weighted by atomic mass is 32.1. The van der Waals surface area contributed by atoms with Gasteiger partial charge in [-0.05, 0) is 25.3 Å². The Morgan fingerprint density at radius 2 is 2.40 bits per heavy atom. The first kappa shape index (κ1) is 12.2. The van der Waals surface area contributed by atoms with Crippen LogP contribution in [-0.4, -0.2) is 23.4 Å². The van der Waals surface area contributed by atoms with E-state index in [0.717, 1.165) is 6.54 Å². The number of hydrogen-bond donors (Lipinski definition) is 1. The second kappa shape index (κ2) is 5.88. The van der Waals surface area contributed by atoms with E-state index in [0.29, 0.717) is 13.0 Å². The molecule has 0 fully saturated rings. The van der Waals surface area contributed by atoms with Gasteiger partial charge in [-0.3, -0.25) is 4.79 Å². The number of carbonyl (C=O) groups excluding carboxylic acids is 1. The van der Waals surface area contributed by atoms with E-state index in [4.69, 9.17) is 5.73 Å². The van der Waals surface area contributed by atoms with E-state index in [-0.39, 0.29) is 11.9 Å². The maximum Gasteiger partial charge on any atom is 0.224 e. The Labute approximate surface area is 94.9 Å². The maximum atomic E-state index is 11.8. The highest BCUT2D eigenvalue weighted by molar-refractivity contribution is 7.09. The van der Waals surface area contributed by atoms with E-state index in [1.165, 1.54) is 4.88 Å².